The van der Waals surface area contributed by atoms with Crippen LogP contribution in [0.5, 0.6) is 0 Å². The first-order valence-electron chi connectivity index (χ1n) is 8.08. The van der Waals surface area contributed by atoms with E-state index in [0.717, 1.165) is 18.0 Å². The van der Waals surface area contributed by atoms with Crippen LogP contribution in [0.1, 0.15) is 41.2 Å². The molecule has 4 aromatic rings. The van der Waals surface area contributed by atoms with Crippen molar-refractivity contribution in [1.29, 1.82) is 0 Å². The van der Waals surface area contributed by atoms with Crippen LogP contribution < -0.4 is 0 Å². The van der Waals surface area contributed by atoms with Gasteiger partial charge in [0.25, 0.3) is 0 Å². The van der Waals surface area contributed by atoms with E-state index in [1.165, 1.54) is 16.3 Å². The summed E-state index contributed by atoms with van der Waals surface area (Å²) >= 11 is 0. The first kappa shape index (κ1) is 13.5. The number of rotatable bonds is 4. The Morgan fingerprint density at radius 1 is 0.958 bits per heavy atom. The highest BCUT2D eigenvalue weighted by molar-refractivity contribution is 5.86. The van der Waals surface area contributed by atoms with E-state index in [-0.39, 0.29) is 0 Å². The lowest BCUT2D eigenvalue weighted by molar-refractivity contribution is 0.372. The second-order valence-corrected chi connectivity index (χ2v) is 6.23. The normalized spacial score (nSPS) is 19.7. The van der Waals surface area contributed by atoms with Gasteiger partial charge in [0.15, 0.2) is 5.82 Å². The molecule has 0 amide bonds. The first-order chi connectivity index (χ1) is 11.9. The lowest BCUT2D eigenvalue weighted by atomic mass is 10.0. The minimum Gasteiger partial charge on any atom is -0.364 e. The van der Waals surface area contributed by atoms with Crippen molar-refractivity contribution in [3.8, 4) is 0 Å². The summed E-state index contributed by atoms with van der Waals surface area (Å²) in [5.41, 5.74) is 2.18. The van der Waals surface area contributed by atoms with Crippen molar-refractivity contribution in [1.82, 2.24) is 15.3 Å². The Kier molecular flexibility index (Phi) is 2.98. The van der Waals surface area contributed by atoms with Crippen LogP contribution in [0.25, 0.3) is 10.8 Å². The highest BCUT2D eigenvalue weighted by Gasteiger charge is 2.44. The zero-order chi connectivity index (χ0) is 15.9. The topological polar surface area (TPSA) is 65.0 Å². The van der Waals surface area contributed by atoms with Crippen LogP contribution >= 0.6 is 0 Å². The molecule has 0 spiro atoms. The molecular weight excluding hydrogens is 302 g/mol. The van der Waals surface area contributed by atoms with Crippen molar-refractivity contribution in [3.05, 3.63) is 77.8 Å². The summed E-state index contributed by atoms with van der Waals surface area (Å²) in [6.45, 7) is 0. The highest BCUT2D eigenvalue weighted by atomic mass is 16.5. The van der Waals surface area contributed by atoms with Gasteiger partial charge in [-0.15, -0.1) is 0 Å². The van der Waals surface area contributed by atoms with Gasteiger partial charge in [-0.05, 0) is 28.7 Å². The quantitative estimate of drug-likeness (QED) is 0.567. The van der Waals surface area contributed by atoms with Crippen LogP contribution in [0.15, 0.2) is 63.8 Å². The zero-order valence-electron chi connectivity index (χ0n) is 12.9. The largest absolute Gasteiger partial charge is 0.364 e. The summed E-state index contributed by atoms with van der Waals surface area (Å²) in [6.07, 6.45) is 3.14. The molecule has 1 aliphatic rings. The predicted octanol–water partition coefficient (Wildman–Crippen LogP) is 4.07. The number of fused-ring (bicyclic) bond motifs is 1. The Bertz CT molecular complexity index is 985. The molecule has 118 valence electrons. The average Bonchev–Trinajstić information content (AvgIpc) is 3.01. The van der Waals surface area contributed by atoms with Gasteiger partial charge in [0.05, 0.1) is 12.1 Å². The van der Waals surface area contributed by atoms with Gasteiger partial charge < -0.3 is 9.05 Å². The van der Waals surface area contributed by atoms with Gasteiger partial charge in [0.2, 0.25) is 5.89 Å². The third-order valence-electron chi connectivity index (χ3n) is 4.64. The molecule has 2 atom stereocenters. The second-order valence-electron chi connectivity index (χ2n) is 6.23. The van der Waals surface area contributed by atoms with E-state index >= 15 is 0 Å². The highest BCUT2D eigenvalue weighted by Crippen LogP contribution is 2.55. The summed E-state index contributed by atoms with van der Waals surface area (Å²) in [5.74, 6) is 2.15. The van der Waals surface area contributed by atoms with E-state index < -0.39 is 0 Å². The van der Waals surface area contributed by atoms with Crippen LogP contribution in [-0.2, 0) is 6.42 Å². The van der Waals surface area contributed by atoms with Crippen molar-refractivity contribution < 1.29 is 9.05 Å². The molecule has 2 heterocycles. The van der Waals surface area contributed by atoms with Crippen LogP contribution in [0.4, 0.5) is 0 Å². The van der Waals surface area contributed by atoms with Gasteiger partial charge in [0, 0.05) is 12.0 Å². The molecule has 5 heteroatoms. The van der Waals surface area contributed by atoms with Gasteiger partial charge in [-0.1, -0.05) is 52.8 Å². The summed E-state index contributed by atoms with van der Waals surface area (Å²) in [5, 5.41) is 10.5. The number of hydrogen-bond acceptors (Lipinski definition) is 5. The molecule has 0 N–H and O–H groups in total. The summed E-state index contributed by atoms with van der Waals surface area (Å²) in [4.78, 5) is 4.54. The van der Waals surface area contributed by atoms with E-state index in [0.29, 0.717) is 24.1 Å². The smallest absolute Gasteiger partial charge is 0.230 e. The SMILES string of the molecule is c1ccc2c([C@@H]3C[C@@H]3c3nc(Cc4ccon4)no3)cccc2c1. The lowest BCUT2D eigenvalue weighted by Gasteiger charge is -2.04. The third kappa shape index (κ3) is 2.29. The van der Waals surface area contributed by atoms with Crippen molar-refractivity contribution in [2.75, 3.05) is 0 Å². The molecule has 2 aromatic carbocycles. The van der Waals surface area contributed by atoms with E-state index in [1.54, 1.807) is 6.26 Å². The second kappa shape index (κ2) is 5.30. The van der Waals surface area contributed by atoms with Gasteiger partial charge >= 0.3 is 0 Å². The summed E-state index contributed by atoms with van der Waals surface area (Å²) in [6, 6.07) is 16.8. The standard InChI is InChI=1S/C19H15N3O2/c1-2-6-14-12(4-1)5-3-7-15(14)16-11-17(16)19-20-18(22-24-19)10-13-8-9-23-21-13/h1-9,16-17H,10-11H2/t16-,17-/m0/s1. The lowest BCUT2D eigenvalue weighted by Crippen LogP contribution is -1.91. The van der Waals surface area contributed by atoms with Crippen molar-refractivity contribution in [2.45, 2.75) is 24.7 Å². The predicted molar refractivity (Wildman–Crippen MR) is 87.7 cm³/mol. The fraction of sp³-hybridized carbons (Fsp3) is 0.211. The molecule has 0 aliphatic heterocycles. The number of aromatic nitrogens is 3. The van der Waals surface area contributed by atoms with Crippen LogP contribution in [-0.4, -0.2) is 15.3 Å². The fourth-order valence-corrected chi connectivity index (χ4v) is 3.37. The minimum atomic E-state index is 0.314. The molecule has 5 rings (SSSR count). The minimum absolute atomic E-state index is 0.314. The molecule has 1 aliphatic carbocycles. The molecule has 5 nitrogen and oxygen atoms in total. The van der Waals surface area contributed by atoms with Crippen LogP contribution in [0, 0.1) is 0 Å². The zero-order valence-corrected chi connectivity index (χ0v) is 12.9. The Hall–Kier alpha value is -2.95. The van der Waals surface area contributed by atoms with E-state index in [4.69, 9.17) is 9.05 Å². The molecule has 0 saturated heterocycles. The number of hydrogen-bond donors (Lipinski definition) is 0. The Morgan fingerprint density at radius 3 is 2.79 bits per heavy atom. The van der Waals surface area contributed by atoms with Crippen LogP contribution in [0.3, 0.4) is 0 Å². The first-order valence-corrected chi connectivity index (χ1v) is 8.08. The molecule has 0 radical (unpaired) electrons. The maximum atomic E-state index is 5.48. The van der Waals surface area contributed by atoms with Crippen molar-refractivity contribution in [3.63, 3.8) is 0 Å². The van der Waals surface area contributed by atoms with Gasteiger partial charge in [-0.25, -0.2) is 0 Å². The fourth-order valence-electron chi connectivity index (χ4n) is 3.37. The number of nitrogens with zero attached hydrogens (tertiary/aromatic N) is 3. The average molecular weight is 317 g/mol. The summed E-state index contributed by atoms with van der Waals surface area (Å²) < 4.78 is 10.3. The molecule has 1 fully saturated rings. The molecule has 1 saturated carbocycles. The van der Waals surface area contributed by atoms with Gasteiger partial charge in [-0.2, -0.15) is 4.98 Å². The number of benzene rings is 2. The van der Waals surface area contributed by atoms with Crippen molar-refractivity contribution >= 4 is 10.8 Å². The monoisotopic (exact) mass is 317 g/mol. The molecular formula is C19H15N3O2. The molecule has 0 unspecified atom stereocenters. The van der Waals surface area contributed by atoms with E-state index in [9.17, 15) is 0 Å². The van der Waals surface area contributed by atoms with Crippen LogP contribution in [0.2, 0.25) is 0 Å². The van der Waals surface area contributed by atoms with E-state index in [2.05, 4.69) is 57.8 Å². The van der Waals surface area contributed by atoms with Gasteiger partial charge in [-0.3, -0.25) is 0 Å². The maximum Gasteiger partial charge on any atom is 0.230 e. The van der Waals surface area contributed by atoms with Gasteiger partial charge in [0.1, 0.15) is 6.26 Å². The molecule has 0 bridgehead atoms. The molecule has 2 aromatic heterocycles. The Labute approximate surface area is 138 Å². The Morgan fingerprint density at radius 2 is 1.88 bits per heavy atom. The maximum absolute atomic E-state index is 5.48. The molecule has 24 heavy (non-hydrogen) atoms. The van der Waals surface area contributed by atoms with E-state index in [1.807, 2.05) is 6.07 Å². The van der Waals surface area contributed by atoms with Crippen molar-refractivity contribution in [2.24, 2.45) is 0 Å². The third-order valence-corrected chi connectivity index (χ3v) is 4.64. The summed E-state index contributed by atoms with van der Waals surface area (Å²) in [7, 11) is 0. The Balaban J connectivity index is 1.39.